The van der Waals surface area contributed by atoms with E-state index in [-0.39, 0.29) is 24.0 Å². The molecule has 0 atom stereocenters. The highest BCUT2D eigenvalue weighted by molar-refractivity contribution is 14.0. The van der Waals surface area contributed by atoms with Gasteiger partial charge in [-0.3, -0.25) is 0 Å². The first-order chi connectivity index (χ1) is 6.63. The van der Waals surface area contributed by atoms with E-state index in [0.717, 1.165) is 11.4 Å². The quantitative estimate of drug-likeness (QED) is 0.662. The van der Waals surface area contributed by atoms with E-state index in [1.165, 1.54) is 0 Å². The smallest absolute Gasteiger partial charge is 0.264 e. The Bertz CT molecular complexity index is 314. The van der Waals surface area contributed by atoms with Crippen molar-refractivity contribution < 1.29 is 4.74 Å². The Morgan fingerprint density at radius 2 is 1.80 bits per heavy atom. The SMILES string of the molecule is CNc1ccc(OC(=S)N(C)C)cc1.I. The Labute approximate surface area is 113 Å². The first-order valence-corrected chi connectivity index (χ1v) is 4.71. The van der Waals surface area contributed by atoms with Gasteiger partial charge in [-0.15, -0.1) is 24.0 Å². The lowest BCUT2D eigenvalue weighted by molar-refractivity contribution is 0.449. The predicted molar refractivity (Wildman–Crippen MR) is 78.3 cm³/mol. The molecule has 1 aromatic rings. The number of rotatable bonds is 2. The van der Waals surface area contributed by atoms with E-state index >= 15 is 0 Å². The van der Waals surface area contributed by atoms with Crippen LogP contribution in [0.1, 0.15) is 0 Å². The molecule has 0 aromatic heterocycles. The number of anilines is 1. The molecule has 0 fully saturated rings. The molecule has 15 heavy (non-hydrogen) atoms. The fourth-order valence-electron chi connectivity index (χ4n) is 0.882. The highest BCUT2D eigenvalue weighted by Gasteiger charge is 2.01. The normalized spacial score (nSPS) is 8.73. The van der Waals surface area contributed by atoms with Crippen molar-refractivity contribution in [3.05, 3.63) is 24.3 Å². The monoisotopic (exact) mass is 338 g/mol. The second-order valence-electron chi connectivity index (χ2n) is 3.04. The molecule has 0 spiro atoms. The Morgan fingerprint density at radius 3 is 2.20 bits per heavy atom. The molecule has 5 heteroatoms. The zero-order chi connectivity index (χ0) is 10.6. The summed E-state index contributed by atoms with van der Waals surface area (Å²) in [6, 6.07) is 7.63. The number of thiocarbonyl (C=S) groups is 1. The molecule has 0 bridgehead atoms. The third-order valence-electron chi connectivity index (χ3n) is 1.71. The van der Waals surface area contributed by atoms with E-state index < -0.39 is 0 Å². The van der Waals surface area contributed by atoms with Crippen LogP contribution in [0.4, 0.5) is 5.69 Å². The van der Waals surface area contributed by atoms with Crippen LogP contribution in [-0.4, -0.2) is 31.2 Å². The number of ether oxygens (including phenoxy) is 1. The fraction of sp³-hybridized carbons (Fsp3) is 0.300. The van der Waals surface area contributed by atoms with Crippen LogP contribution < -0.4 is 10.1 Å². The van der Waals surface area contributed by atoms with Crippen LogP contribution in [0.25, 0.3) is 0 Å². The van der Waals surface area contributed by atoms with Gasteiger partial charge in [-0.1, -0.05) is 0 Å². The summed E-state index contributed by atoms with van der Waals surface area (Å²) in [5.41, 5.74) is 1.05. The van der Waals surface area contributed by atoms with E-state index in [2.05, 4.69) is 5.32 Å². The molecule has 0 radical (unpaired) electrons. The minimum absolute atomic E-state index is 0. The summed E-state index contributed by atoms with van der Waals surface area (Å²) in [6.07, 6.45) is 0. The molecular formula is C10H15IN2OS. The zero-order valence-corrected chi connectivity index (χ0v) is 12.1. The maximum atomic E-state index is 5.40. The van der Waals surface area contributed by atoms with Crippen LogP contribution in [0.15, 0.2) is 24.3 Å². The maximum absolute atomic E-state index is 5.40. The highest BCUT2D eigenvalue weighted by atomic mass is 127. The number of hydrogen-bond acceptors (Lipinski definition) is 3. The molecule has 0 aliphatic carbocycles. The van der Waals surface area contributed by atoms with Gasteiger partial charge in [0.2, 0.25) is 0 Å². The van der Waals surface area contributed by atoms with Crippen molar-refractivity contribution in [3.63, 3.8) is 0 Å². The predicted octanol–water partition coefficient (Wildman–Crippen LogP) is 2.57. The van der Waals surface area contributed by atoms with Crippen molar-refractivity contribution in [1.82, 2.24) is 4.90 Å². The molecular weight excluding hydrogens is 323 g/mol. The number of hydrogen-bond donors (Lipinski definition) is 1. The third-order valence-corrected chi connectivity index (χ3v) is 2.16. The molecule has 0 heterocycles. The van der Waals surface area contributed by atoms with Crippen molar-refractivity contribution in [2.24, 2.45) is 0 Å². The summed E-state index contributed by atoms with van der Waals surface area (Å²) >= 11 is 5.01. The van der Waals surface area contributed by atoms with E-state index in [9.17, 15) is 0 Å². The topological polar surface area (TPSA) is 24.5 Å². The number of halogens is 1. The molecule has 0 saturated carbocycles. The maximum Gasteiger partial charge on any atom is 0.264 e. The van der Waals surface area contributed by atoms with Crippen LogP contribution in [0.2, 0.25) is 0 Å². The van der Waals surface area contributed by atoms with Gasteiger partial charge in [0.15, 0.2) is 0 Å². The van der Waals surface area contributed by atoms with Gasteiger partial charge >= 0.3 is 0 Å². The van der Waals surface area contributed by atoms with Crippen LogP contribution in [0.3, 0.4) is 0 Å². The van der Waals surface area contributed by atoms with E-state index in [0.29, 0.717) is 5.17 Å². The van der Waals surface area contributed by atoms with Gasteiger partial charge in [-0.05, 0) is 36.5 Å². The van der Waals surface area contributed by atoms with Crippen molar-refractivity contribution in [1.29, 1.82) is 0 Å². The number of nitrogens with one attached hydrogen (secondary N) is 1. The second-order valence-corrected chi connectivity index (χ2v) is 3.39. The van der Waals surface area contributed by atoms with Gasteiger partial charge in [0.25, 0.3) is 5.17 Å². The molecule has 3 nitrogen and oxygen atoms in total. The summed E-state index contributed by atoms with van der Waals surface area (Å²) in [6.45, 7) is 0. The van der Waals surface area contributed by atoms with Crippen molar-refractivity contribution in [2.75, 3.05) is 26.5 Å². The molecule has 1 rings (SSSR count). The molecule has 0 amide bonds. The standard InChI is InChI=1S/C10H14N2OS.HI/c1-11-8-4-6-9(7-5-8)13-10(14)12(2)3;/h4-7,11H,1-3H3;1H. The molecule has 0 aliphatic heterocycles. The van der Waals surface area contributed by atoms with Gasteiger partial charge < -0.3 is 15.0 Å². The minimum atomic E-state index is 0. The van der Waals surface area contributed by atoms with Crippen LogP contribution in [0, 0.1) is 0 Å². The summed E-state index contributed by atoms with van der Waals surface area (Å²) < 4.78 is 5.40. The fourth-order valence-corrected chi connectivity index (χ4v) is 0.978. The van der Waals surface area contributed by atoms with E-state index in [4.69, 9.17) is 17.0 Å². The highest BCUT2D eigenvalue weighted by Crippen LogP contribution is 2.15. The summed E-state index contributed by atoms with van der Waals surface area (Å²) in [7, 11) is 5.58. The van der Waals surface area contributed by atoms with E-state index in [1.807, 2.05) is 45.4 Å². The third kappa shape index (κ3) is 4.65. The van der Waals surface area contributed by atoms with Crippen LogP contribution in [-0.2, 0) is 0 Å². The largest absolute Gasteiger partial charge is 0.432 e. The minimum Gasteiger partial charge on any atom is -0.432 e. The van der Waals surface area contributed by atoms with E-state index in [1.54, 1.807) is 4.90 Å². The Morgan fingerprint density at radius 1 is 1.27 bits per heavy atom. The summed E-state index contributed by atoms with van der Waals surface area (Å²) in [5.74, 6) is 0.753. The average Bonchev–Trinajstić information content (AvgIpc) is 2.19. The van der Waals surface area contributed by atoms with Crippen molar-refractivity contribution in [2.45, 2.75) is 0 Å². The zero-order valence-electron chi connectivity index (χ0n) is 8.98. The summed E-state index contributed by atoms with van der Waals surface area (Å²) in [5, 5.41) is 3.49. The first kappa shape index (κ1) is 14.4. The molecule has 84 valence electrons. The van der Waals surface area contributed by atoms with Gasteiger partial charge in [0, 0.05) is 26.8 Å². The van der Waals surface area contributed by atoms with Gasteiger partial charge in [-0.2, -0.15) is 0 Å². The first-order valence-electron chi connectivity index (χ1n) is 4.30. The van der Waals surface area contributed by atoms with Gasteiger partial charge in [0.1, 0.15) is 5.75 Å². The lowest BCUT2D eigenvalue weighted by atomic mass is 10.3. The van der Waals surface area contributed by atoms with Gasteiger partial charge in [0.05, 0.1) is 0 Å². The molecule has 0 aliphatic rings. The lowest BCUT2D eigenvalue weighted by Crippen LogP contribution is -2.24. The number of nitrogens with zero attached hydrogens (tertiary/aromatic N) is 1. The van der Waals surface area contributed by atoms with Crippen molar-refractivity contribution >= 4 is 47.1 Å². The Hall–Kier alpha value is -0.560. The lowest BCUT2D eigenvalue weighted by Gasteiger charge is -2.14. The Kier molecular flexibility index (Phi) is 6.58. The van der Waals surface area contributed by atoms with Crippen molar-refractivity contribution in [3.8, 4) is 5.75 Å². The Balaban J connectivity index is 0.00000196. The molecule has 0 unspecified atom stereocenters. The van der Waals surface area contributed by atoms with Crippen LogP contribution >= 0.6 is 36.2 Å². The second kappa shape index (κ2) is 6.84. The molecule has 1 N–H and O–H groups in total. The molecule has 1 aromatic carbocycles. The summed E-state index contributed by atoms with van der Waals surface area (Å²) in [4.78, 5) is 1.75. The molecule has 0 saturated heterocycles. The number of benzene rings is 1. The van der Waals surface area contributed by atoms with Crippen LogP contribution in [0.5, 0.6) is 5.75 Å². The average molecular weight is 338 g/mol. The van der Waals surface area contributed by atoms with Gasteiger partial charge in [-0.25, -0.2) is 0 Å².